The number of amides is 3. The van der Waals surface area contributed by atoms with Crippen molar-refractivity contribution in [2.45, 2.75) is 19.9 Å². The van der Waals surface area contributed by atoms with E-state index in [1.165, 1.54) is 7.11 Å². The van der Waals surface area contributed by atoms with Crippen molar-refractivity contribution in [3.05, 3.63) is 64.9 Å². The summed E-state index contributed by atoms with van der Waals surface area (Å²) in [5, 5.41) is 8.37. The molecule has 1 aliphatic rings. The number of allylic oxidation sites excluding steroid dienone is 1. The summed E-state index contributed by atoms with van der Waals surface area (Å²) in [5.41, 5.74) is 3.27. The number of nitrogens with one attached hydrogen (secondary N) is 3. The lowest BCUT2D eigenvalue weighted by Gasteiger charge is -2.29. The van der Waals surface area contributed by atoms with Gasteiger partial charge in [-0.15, -0.1) is 0 Å². The summed E-state index contributed by atoms with van der Waals surface area (Å²) in [6.07, 6.45) is 0. The molecule has 146 valence electrons. The molecule has 2 aromatic carbocycles. The Hall–Kier alpha value is -3.48. The summed E-state index contributed by atoms with van der Waals surface area (Å²) in [7, 11) is 3.09. The Morgan fingerprint density at radius 1 is 1.04 bits per heavy atom. The highest BCUT2D eigenvalue weighted by Crippen LogP contribution is 2.35. The largest absolute Gasteiger partial charge is 0.497 e. The first-order valence-corrected chi connectivity index (χ1v) is 8.81. The average molecular weight is 381 g/mol. The number of ether oxygens (including phenoxy) is 2. The normalized spacial score (nSPS) is 16.1. The number of carbonyl (C=O) groups excluding carboxylic acids is 2. The zero-order valence-corrected chi connectivity index (χ0v) is 16.3. The van der Waals surface area contributed by atoms with Crippen LogP contribution in [0.2, 0.25) is 0 Å². The average Bonchev–Trinajstić information content (AvgIpc) is 2.68. The number of hydrogen-bond acceptors (Lipinski definition) is 4. The highest BCUT2D eigenvalue weighted by Gasteiger charge is 2.33. The van der Waals surface area contributed by atoms with Crippen LogP contribution in [0.1, 0.15) is 24.1 Å². The van der Waals surface area contributed by atoms with E-state index in [4.69, 9.17) is 9.47 Å². The van der Waals surface area contributed by atoms with Gasteiger partial charge in [-0.25, -0.2) is 4.79 Å². The van der Waals surface area contributed by atoms with Crippen LogP contribution in [0.5, 0.6) is 11.5 Å². The third-order valence-corrected chi connectivity index (χ3v) is 4.57. The van der Waals surface area contributed by atoms with Gasteiger partial charge < -0.3 is 25.4 Å². The van der Waals surface area contributed by atoms with Crippen LogP contribution >= 0.6 is 0 Å². The molecule has 1 aliphatic heterocycles. The van der Waals surface area contributed by atoms with Gasteiger partial charge in [-0.2, -0.15) is 0 Å². The van der Waals surface area contributed by atoms with Gasteiger partial charge in [0, 0.05) is 16.9 Å². The lowest BCUT2D eigenvalue weighted by Crippen LogP contribution is -2.46. The minimum atomic E-state index is -0.691. The molecule has 0 saturated carbocycles. The SMILES string of the molecule is COc1ccc(OC)c([C@H]2NC(=O)NC(C)=C2C(=O)Nc2ccc(C)cc2)c1. The van der Waals surface area contributed by atoms with E-state index in [0.29, 0.717) is 34.0 Å². The molecule has 0 saturated heterocycles. The van der Waals surface area contributed by atoms with E-state index in [2.05, 4.69) is 16.0 Å². The molecule has 0 aliphatic carbocycles. The Kier molecular flexibility index (Phi) is 5.54. The van der Waals surface area contributed by atoms with Gasteiger partial charge in [-0.05, 0) is 44.2 Å². The first-order valence-electron chi connectivity index (χ1n) is 8.81. The molecule has 1 atom stereocenters. The van der Waals surface area contributed by atoms with E-state index in [1.807, 2.05) is 31.2 Å². The molecule has 1 heterocycles. The second kappa shape index (κ2) is 8.04. The van der Waals surface area contributed by atoms with Crippen LogP contribution in [-0.2, 0) is 4.79 Å². The van der Waals surface area contributed by atoms with Gasteiger partial charge in [0.2, 0.25) is 0 Å². The number of anilines is 1. The number of hydrogen-bond donors (Lipinski definition) is 3. The van der Waals surface area contributed by atoms with Crippen molar-refractivity contribution in [2.24, 2.45) is 0 Å². The number of urea groups is 1. The molecule has 28 heavy (non-hydrogen) atoms. The van der Waals surface area contributed by atoms with Gasteiger partial charge in [0.05, 0.1) is 25.8 Å². The van der Waals surface area contributed by atoms with E-state index in [9.17, 15) is 9.59 Å². The summed E-state index contributed by atoms with van der Waals surface area (Å²) >= 11 is 0. The number of methoxy groups -OCH3 is 2. The third kappa shape index (κ3) is 3.93. The summed E-state index contributed by atoms with van der Waals surface area (Å²) in [6.45, 7) is 3.67. The van der Waals surface area contributed by atoms with Crippen molar-refractivity contribution in [3.8, 4) is 11.5 Å². The zero-order valence-electron chi connectivity index (χ0n) is 16.3. The zero-order chi connectivity index (χ0) is 20.3. The fourth-order valence-corrected chi connectivity index (χ4v) is 3.13. The van der Waals surface area contributed by atoms with Gasteiger partial charge in [0.1, 0.15) is 11.5 Å². The second-order valence-electron chi connectivity index (χ2n) is 6.50. The summed E-state index contributed by atoms with van der Waals surface area (Å²) in [5.74, 6) is 0.824. The highest BCUT2D eigenvalue weighted by atomic mass is 16.5. The lowest BCUT2D eigenvalue weighted by molar-refractivity contribution is -0.113. The predicted molar refractivity (Wildman–Crippen MR) is 106 cm³/mol. The number of rotatable bonds is 5. The molecule has 0 radical (unpaired) electrons. The van der Waals surface area contributed by atoms with Crippen molar-refractivity contribution >= 4 is 17.6 Å². The molecule has 0 fully saturated rings. The topological polar surface area (TPSA) is 88.7 Å². The van der Waals surface area contributed by atoms with Gasteiger partial charge in [-0.1, -0.05) is 17.7 Å². The van der Waals surface area contributed by atoms with Crippen LogP contribution < -0.4 is 25.4 Å². The summed E-state index contributed by atoms with van der Waals surface area (Å²) in [6, 6.07) is 11.7. The Morgan fingerprint density at radius 3 is 2.39 bits per heavy atom. The van der Waals surface area contributed by atoms with Crippen molar-refractivity contribution in [3.63, 3.8) is 0 Å². The molecule has 7 nitrogen and oxygen atoms in total. The highest BCUT2D eigenvalue weighted by molar-refractivity contribution is 6.06. The Balaban J connectivity index is 2.01. The Labute approximate surface area is 163 Å². The van der Waals surface area contributed by atoms with E-state index >= 15 is 0 Å². The van der Waals surface area contributed by atoms with E-state index in [1.54, 1.807) is 32.2 Å². The fourth-order valence-electron chi connectivity index (χ4n) is 3.13. The van der Waals surface area contributed by atoms with Crippen molar-refractivity contribution in [1.29, 1.82) is 0 Å². The molecule has 3 amide bonds. The molecule has 3 rings (SSSR count). The quantitative estimate of drug-likeness (QED) is 0.742. The minimum Gasteiger partial charge on any atom is -0.497 e. The molecule has 3 N–H and O–H groups in total. The number of aryl methyl sites for hydroxylation is 1. The van der Waals surface area contributed by atoms with Crippen LogP contribution in [0.25, 0.3) is 0 Å². The van der Waals surface area contributed by atoms with Crippen molar-refractivity contribution in [2.75, 3.05) is 19.5 Å². The number of carbonyl (C=O) groups is 2. The molecular weight excluding hydrogens is 358 g/mol. The maximum absolute atomic E-state index is 13.1. The van der Waals surface area contributed by atoms with Crippen molar-refractivity contribution < 1.29 is 19.1 Å². The maximum Gasteiger partial charge on any atom is 0.319 e. The first kappa shape index (κ1) is 19.3. The van der Waals surface area contributed by atoms with Crippen LogP contribution in [0.4, 0.5) is 10.5 Å². The number of benzene rings is 2. The first-order chi connectivity index (χ1) is 13.4. The van der Waals surface area contributed by atoms with E-state index in [0.717, 1.165) is 5.56 Å². The van der Waals surface area contributed by atoms with Crippen LogP contribution in [0, 0.1) is 6.92 Å². The van der Waals surface area contributed by atoms with Gasteiger partial charge in [0.15, 0.2) is 0 Å². The monoisotopic (exact) mass is 381 g/mol. The molecule has 0 spiro atoms. The Bertz CT molecular complexity index is 935. The standard InChI is InChI=1S/C21H23N3O4/c1-12-5-7-14(8-6-12)23-20(25)18-13(2)22-21(26)24-19(18)16-11-15(27-3)9-10-17(16)28-4/h5-11,19H,1-4H3,(H,23,25)(H2,22,24,26)/t19-/m1/s1. The molecule has 0 unspecified atom stereocenters. The summed E-state index contributed by atoms with van der Waals surface area (Å²) < 4.78 is 10.7. The molecule has 0 bridgehead atoms. The predicted octanol–water partition coefficient (Wildman–Crippen LogP) is 3.28. The minimum absolute atomic E-state index is 0.316. The van der Waals surface area contributed by atoms with Crippen LogP contribution in [-0.4, -0.2) is 26.2 Å². The maximum atomic E-state index is 13.1. The molecule has 7 heteroatoms. The third-order valence-electron chi connectivity index (χ3n) is 4.57. The van der Waals surface area contributed by atoms with Crippen LogP contribution in [0.3, 0.4) is 0 Å². The van der Waals surface area contributed by atoms with Gasteiger partial charge >= 0.3 is 6.03 Å². The lowest BCUT2D eigenvalue weighted by atomic mass is 9.93. The van der Waals surface area contributed by atoms with Crippen molar-refractivity contribution in [1.82, 2.24) is 10.6 Å². The Morgan fingerprint density at radius 2 is 1.75 bits per heavy atom. The second-order valence-corrected chi connectivity index (χ2v) is 6.50. The summed E-state index contributed by atoms with van der Waals surface area (Å²) in [4.78, 5) is 25.2. The fraction of sp³-hybridized carbons (Fsp3) is 0.238. The molecule has 2 aromatic rings. The van der Waals surface area contributed by atoms with E-state index in [-0.39, 0.29) is 11.9 Å². The van der Waals surface area contributed by atoms with Crippen LogP contribution in [0.15, 0.2) is 53.7 Å². The van der Waals surface area contributed by atoms with Gasteiger partial charge in [0.25, 0.3) is 5.91 Å². The smallest absolute Gasteiger partial charge is 0.319 e. The van der Waals surface area contributed by atoms with E-state index < -0.39 is 6.04 Å². The van der Waals surface area contributed by atoms with Gasteiger partial charge in [-0.3, -0.25) is 4.79 Å². The molecule has 0 aromatic heterocycles. The molecular formula is C21H23N3O4.